The van der Waals surface area contributed by atoms with Crippen LogP contribution in [0.4, 0.5) is 11.4 Å². The van der Waals surface area contributed by atoms with E-state index in [1.165, 1.54) is 17.7 Å². The number of non-ortho nitro benzene ring substituents is 1. The number of nitrogens with one attached hydrogen (secondary N) is 1. The lowest BCUT2D eigenvalue weighted by molar-refractivity contribution is -0.384. The molecule has 0 aliphatic carbocycles. The Morgan fingerprint density at radius 2 is 1.86 bits per heavy atom. The number of halogens is 1. The van der Waals surface area contributed by atoms with Crippen molar-refractivity contribution in [2.75, 3.05) is 11.9 Å². The maximum atomic E-state index is 10.7. The lowest BCUT2D eigenvalue weighted by Crippen LogP contribution is -2.27. The Labute approximate surface area is 128 Å². The minimum Gasteiger partial charge on any atom is -0.383 e. The van der Waals surface area contributed by atoms with Crippen molar-refractivity contribution < 1.29 is 4.92 Å². The minimum absolute atomic E-state index is 0.00660. The first kappa shape index (κ1) is 15.3. The molecule has 0 saturated heterocycles. The molecule has 0 atom stereocenters. The molecule has 0 saturated carbocycles. The third-order valence-corrected chi connectivity index (χ3v) is 3.75. The quantitative estimate of drug-likeness (QED) is 0.647. The average molecular weight is 305 g/mol. The monoisotopic (exact) mass is 304 g/mol. The highest BCUT2D eigenvalue weighted by Crippen LogP contribution is 2.29. The van der Waals surface area contributed by atoms with Gasteiger partial charge >= 0.3 is 0 Å². The van der Waals surface area contributed by atoms with E-state index < -0.39 is 4.92 Å². The fraction of sp³-hybridized carbons (Fsp3) is 0.250. The normalized spacial score (nSPS) is 11.2. The molecule has 0 bridgehead atoms. The Hall–Kier alpha value is -2.07. The van der Waals surface area contributed by atoms with Crippen molar-refractivity contribution in [3.63, 3.8) is 0 Å². The number of hydrogen-bond acceptors (Lipinski definition) is 3. The maximum absolute atomic E-state index is 10.7. The summed E-state index contributed by atoms with van der Waals surface area (Å²) in [5.41, 5.74) is 1.83. The zero-order chi connectivity index (χ0) is 15.5. The largest absolute Gasteiger partial charge is 0.383 e. The Morgan fingerprint density at radius 1 is 1.19 bits per heavy atom. The highest BCUT2D eigenvalue weighted by molar-refractivity contribution is 6.33. The molecular weight excluding hydrogens is 288 g/mol. The zero-order valence-corrected chi connectivity index (χ0v) is 12.7. The molecule has 0 aromatic heterocycles. The summed E-state index contributed by atoms with van der Waals surface area (Å²) in [5, 5.41) is 14.3. The van der Waals surface area contributed by atoms with Gasteiger partial charge in [-0.15, -0.1) is 0 Å². The molecule has 0 amide bonds. The number of benzene rings is 2. The van der Waals surface area contributed by atoms with Crippen LogP contribution in [0.2, 0.25) is 5.02 Å². The van der Waals surface area contributed by atoms with Gasteiger partial charge in [-0.25, -0.2) is 0 Å². The van der Waals surface area contributed by atoms with Crippen LogP contribution in [0.25, 0.3) is 0 Å². The van der Waals surface area contributed by atoms with E-state index >= 15 is 0 Å². The maximum Gasteiger partial charge on any atom is 0.271 e. The molecular formula is C16H17ClN2O2. The second kappa shape index (κ2) is 6.14. The number of nitro benzene ring substituents is 1. The van der Waals surface area contributed by atoms with E-state index in [1.807, 2.05) is 18.2 Å². The van der Waals surface area contributed by atoms with E-state index in [0.717, 1.165) is 0 Å². The van der Waals surface area contributed by atoms with Gasteiger partial charge in [0.05, 0.1) is 15.6 Å². The molecule has 2 rings (SSSR count). The van der Waals surface area contributed by atoms with Crippen LogP contribution in [-0.4, -0.2) is 11.5 Å². The molecule has 5 heteroatoms. The summed E-state index contributed by atoms with van der Waals surface area (Å²) in [4.78, 5) is 10.2. The molecule has 21 heavy (non-hydrogen) atoms. The fourth-order valence-electron chi connectivity index (χ4n) is 2.07. The summed E-state index contributed by atoms with van der Waals surface area (Å²) in [6.45, 7) is 4.94. The third kappa shape index (κ3) is 3.73. The van der Waals surface area contributed by atoms with Crippen molar-refractivity contribution in [3.8, 4) is 0 Å². The fourth-order valence-corrected chi connectivity index (χ4v) is 2.31. The molecule has 0 aliphatic heterocycles. The molecule has 1 N–H and O–H groups in total. The Morgan fingerprint density at radius 3 is 2.43 bits per heavy atom. The van der Waals surface area contributed by atoms with E-state index in [2.05, 4.69) is 31.3 Å². The third-order valence-electron chi connectivity index (χ3n) is 3.44. The highest BCUT2D eigenvalue weighted by Gasteiger charge is 2.20. The van der Waals surface area contributed by atoms with Crippen molar-refractivity contribution in [2.24, 2.45) is 0 Å². The van der Waals surface area contributed by atoms with Gasteiger partial charge in [0.15, 0.2) is 0 Å². The smallest absolute Gasteiger partial charge is 0.271 e. The van der Waals surface area contributed by atoms with Gasteiger partial charge in [0.1, 0.15) is 0 Å². The molecule has 0 radical (unpaired) electrons. The summed E-state index contributed by atoms with van der Waals surface area (Å²) in [6.07, 6.45) is 0. The first-order chi connectivity index (χ1) is 9.90. The average Bonchev–Trinajstić information content (AvgIpc) is 2.46. The molecule has 2 aromatic rings. The number of hydrogen-bond donors (Lipinski definition) is 1. The first-order valence-electron chi connectivity index (χ1n) is 6.63. The Bertz CT molecular complexity index is 642. The van der Waals surface area contributed by atoms with Crippen LogP contribution in [0.1, 0.15) is 19.4 Å². The predicted molar refractivity (Wildman–Crippen MR) is 86.1 cm³/mol. The standard InChI is InChI=1S/C16H17ClN2O2/c1-16(2,12-6-4-3-5-7-12)11-18-15-9-8-13(19(20)21)10-14(15)17/h3-10,18H,11H2,1-2H3. The molecule has 0 unspecified atom stereocenters. The van der Waals surface area contributed by atoms with Crippen LogP contribution < -0.4 is 5.32 Å². The first-order valence-corrected chi connectivity index (χ1v) is 7.01. The van der Waals surface area contributed by atoms with Gasteiger partial charge in [0.2, 0.25) is 0 Å². The van der Waals surface area contributed by atoms with Gasteiger partial charge in [-0.3, -0.25) is 10.1 Å². The van der Waals surface area contributed by atoms with Crippen LogP contribution in [0.15, 0.2) is 48.5 Å². The lowest BCUT2D eigenvalue weighted by atomic mass is 9.84. The molecule has 0 fully saturated rings. The van der Waals surface area contributed by atoms with Crippen molar-refractivity contribution in [1.29, 1.82) is 0 Å². The molecule has 0 aliphatic rings. The van der Waals surface area contributed by atoms with E-state index in [0.29, 0.717) is 17.3 Å². The van der Waals surface area contributed by atoms with Crippen LogP contribution in [-0.2, 0) is 5.41 Å². The Balaban J connectivity index is 2.11. The van der Waals surface area contributed by atoms with E-state index in [-0.39, 0.29) is 11.1 Å². The second-order valence-electron chi connectivity index (χ2n) is 5.52. The number of rotatable bonds is 5. The minimum atomic E-state index is -0.455. The second-order valence-corrected chi connectivity index (χ2v) is 5.93. The van der Waals surface area contributed by atoms with Crippen LogP contribution in [0.3, 0.4) is 0 Å². The van der Waals surface area contributed by atoms with Crippen molar-refractivity contribution in [3.05, 3.63) is 69.2 Å². The molecule has 4 nitrogen and oxygen atoms in total. The zero-order valence-electron chi connectivity index (χ0n) is 12.0. The van der Waals surface area contributed by atoms with E-state index in [9.17, 15) is 10.1 Å². The van der Waals surface area contributed by atoms with Crippen molar-refractivity contribution in [1.82, 2.24) is 0 Å². The van der Waals surface area contributed by atoms with Gasteiger partial charge < -0.3 is 5.32 Å². The van der Waals surface area contributed by atoms with Gasteiger partial charge in [0, 0.05) is 24.1 Å². The Kier molecular flexibility index (Phi) is 4.48. The number of anilines is 1. The summed E-state index contributed by atoms with van der Waals surface area (Å²) < 4.78 is 0. The highest BCUT2D eigenvalue weighted by atomic mass is 35.5. The summed E-state index contributed by atoms with van der Waals surface area (Å²) in [6, 6.07) is 14.6. The van der Waals surface area contributed by atoms with Gasteiger partial charge in [0.25, 0.3) is 5.69 Å². The van der Waals surface area contributed by atoms with Crippen molar-refractivity contribution >= 4 is 23.0 Å². The SMILES string of the molecule is CC(C)(CNc1ccc([N+](=O)[O-])cc1Cl)c1ccccc1. The van der Waals surface area contributed by atoms with Gasteiger partial charge in [-0.2, -0.15) is 0 Å². The molecule has 0 spiro atoms. The van der Waals surface area contributed by atoms with Crippen LogP contribution >= 0.6 is 11.6 Å². The predicted octanol–water partition coefficient (Wildman–Crippen LogP) is 4.64. The van der Waals surface area contributed by atoms with Crippen LogP contribution in [0.5, 0.6) is 0 Å². The van der Waals surface area contributed by atoms with E-state index in [4.69, 9.17) is 11.6 Å². The molecule has 110 valence electrons. The van der Waals surface area contributed by atoms with Gasteiger partial charge in [-0.1, -0.05) is 55.8 Å². The summed E-state index contributed by atoms with van der Waals surface area (Å²) in [7, 11) is 0. The number of nitrogens with zero attached hydrogens (tertiary/aromatic N) is 1. The number of nitro groups is 1. The van der Waals surface area contributed by atoms with Gasteiger partial charge in [-0.05, 0) is 11.6 Å². The van der Waals surface area contributed by atoms with Crippen LogP contribution in [0, 0.1) is 10.1 Å². The van der Waals surface area contributed by atoms with Crippen molar-refractivity contribution in [2.45, 2.75) is 19.3 Å². The summed E-state index contributed by atoms with van der Waals surface area (Å²) in [5.74, 6) is 0. The summed E-state index contributed by atoms with van der Waals surface area (Å²) >= 11 is 6.08. The molecule has 0 heterocycles. The lowest BCUT2D eigenvalue weighted by Gasteiger charge is -2.26. The molecule has 2 aromatic carbocycles. The topological polar surface area (TPSA) is 55.2 Å². The van der Waals surface area contributed by atoms with E-state index in [1.54, 1.807) is 6.07 Å².